The molecule has 6 heteroatoms. The fourth-order valence-electron chi connectivity index (χ4n) is 3.28. The van der Waals surface area contributed by atoms with E-state index in [1.807, 2.05) is 37.3 Å². The van der Waals surface area contributed by atoms with E-state index in [1.165, 1.54) is 0 Å². The number of ether oxygens (including phenoxy) is 2. The van der Waals surface area contributed by atoms with Crippen molar-refractivity contribution >= 4 is 17.5 Å². The molecule has 0 saturated carbocycles. The summed E-state index contributed by atoms with van der Waals surface area (Å²) in [4.78, 5) is 26.8. The molecular formula is C21H24N2O4. The number of nitrogens with zero attached hydrogens (tertiary/aromatic N) is 1. The maximum atomic E-state index is 12.7. The number of anilines is 1. The fraction of sp³-hybridized carbons (Fsp3) is 0.333. The minimum Gasteiger partial charge on any atom is -0.497 e. The molecule has 1 aliphatic rings. The Balaban J connectivity index is 1.71. The summed E-state index contributed by atoms with van der Waals surface area (Å²) in [5.41, 5.74) is 1.68. The van der Waals surface area contributed by atoms with E-state index >= 15 is 0 Å². The first-order valence-electron chi connectivity index (χ1n) is 8.91. The molecule has 1 N–H and O–H groups in total. The van der Waals surface area contributed by atoms with Crippen LogP contribution >= 0.6 is 0 Å². The third-order valence-electron chi connectivity index (χ3n) is 4.83. The van der Waals surface area contributed by atoms with Gasteiger partial charge in [0.1, 0.15) is 11.5 Å². The van der Waals surface area contributed by atoms with Crippen LogP contribution in [0.25, 0.3) is 0 Å². The van der Waals surface area contributed by atoms with Gasteiger partial charge in [0.2, 0.25) is 11.8 Å². The Morgan fingerprint density at radius 3 is 2.56 bits per heavy atom. The average Bonchev–Trinajstić information content (AvgIpc) is 3.09. The van der Waals surface area contributed by atoms with E-state index in [-0.39, 0.29) is 24.3 Å². The van der Waals surface area contributed by atoms with E-state index in [4.69, 9.17) is 9.47 Å². The number of amides is 2. The summed E-state index contributed by atoms with van der Waals surface area (Å²) in [5.74, 6) is 0.589. The second kappa shape index (κ2) is 8.12. The molecule has 2 atom stereocenters. The average molecular weight is 368 g/mol. The van der Waals surface area contributed by atoms with Gasteiger partial charge in [0.05, 0.1) is 31.9 Å². The predicted octanol–water partition coefficient (Wildman–Crippen LogP) is 2.93. The molecule has 1 fully saturated rings. The van der Waals surface area contributed by atoms with Gasteiger partial charge in [-0.15, -0.1) is 0 Å². The highest BCUT2D eigenvalue weighted by molar-refractivity contribution is 6.01. The fourth-order valence-corrected chi connectivity index (χ4v) is 3.28. The van der Waals surface area contributed by atoms with Gasteiger partial charge in [-0.2, -0.15) is 0 Å². The molecule has 6 nitrogen and oxygen atoms in total. The molecule has 1 heterocycles. The molecule has 0 aliphatic carbocycles. The number of carbonyl (C=O) groups is 2. The molecule has 0 bridgehead atoms. The molecular weight excluding hydrogens is 344 g/mol. The lowest BCUT2D eigenvalue weighted by Gasteiger charge is -2.21. The van der Waals surface area contributed by atoms with E-state index in [1.54, 1.807) is 37.3 Å². The van der Waals surface area contributed by atoms with Crippen LogP contribution in [0.4, 0.5) is 5.69 Å². The second-order valence-corrected chi connectivity index (χ2v) is 6.58. The minimum absolute atomic E-state index is 0.0917. The summed E-state index contributed by atoms with van der Waals surface area (Å²) in [5, 5.41) is 3.01. The number of hydrogen-bond acceptors (Lipinski definition) is 4. The highest BCUT2D eigenvalue weighted by atomic mass is 16.5. The van der Waals surface area contributed by atoms with Gasteiger partial charge in [-0.25, -0.2) is 0 Å². The van der Waals surface area contributed by atoms with Crippen LogP contribution < -0.4 is 19.7 Å². The lowest BCUT2D eigenvalue weighted by molar-refractivity contribution is -0.126. The first-order valence-corrected chi connectivity index (χ1v) is 8.91. The summed E-state index contributed by atoms with van der Waals surface area (Å²) in [7, 11) is 3.12. The quantitative estimate of drug-likeness (QED) is 0.851. The van der Waals surface area contributed by atoms with Crippen molar-refractivity contribution in [2.45, 2.75) is 19.4 Å². The summed E-state index contributed by atoms with van der Waals surface area (Å²) in [6.45, 7) is 2.27. The van der Waals surface area contributed by atoms with Crippen LogP contribution in [0, 0.1) is 5.92 Å². The van der Waals surface area contributed by atoms with Crippen molar-refractivity contribution in [3.63, 3.8) is 0 Å². The van der Waals surface area contributed by atoms with Gasteiger partial charge in [-0.3, -0.25) is 9.59 Å². The topological polar surface area (TPSA) is 67.9 Å². The summed E-state index contributed by atoms with van der Waals surface area (Å²) in [6.07, 6.45) is 0.183. The lowest BCUT2D eigenvalue weighted by Crippen LogP contribution is -2.34. The van der Waals surface area contributed by atoms with Gasteiger partial charge >= 0.3 is 0 Å². The van der Waals surface area contributed by atoms with Gasteiger partial charge in [-0.05, 0) is 24.6 Å². The number of rotatable bonds is 6. The zero-order valence-corrected chi connectivity index (χ0v) is 15.8. The summed E-state index contributed by atoms with van der Waals surface area (Å²) < 4.78 is 10.6. The monoisotopic (exact) mass is 368 g/mol. The van der Waals surface area contributed by atoms with Crippen molar-refractivity contribution < 1.29 is 19.1 Å². The maximum absolute atomic E-state index is 12.7. The SMILES string of the molecule is COc1ccc(N2C[C@H](C(=O)N[C@H](C)c3ccccc3)CC2=O)c(OC)c1. The van der Waals surface area contributed by atoms with Crippen LogP contribution in [-0.2, 0) is 9.59 Å². The van der Waals surface area contributed by atoms with E-state index in [0.717, 1.165) is 5.56 Å². The predicted molar refractivity (Wildman–Crippen MR) is 103 cm³/mol. The summed E-state index contributed by atoms with van der Waals surface area (Å²) >= 11 is 0. The molecule has 1 aliphatic heterocycles. The lowest BCUT2D eigenvalue weighted by atomic mass is 10.1. The zero-order valence-electron chi connectivity index (χ0n) is 15.8. The van der Waals surface area contributed by atoms with Gasteiger partial charge in [-0.1, -0.05) is 30.3 Å². The Bertz CT molecular complexity index is 822. The van der Waals surface area contributed by atoms with Gasteiger partial charge in [0.25, 0.3) is 0 Å². The number of methoxy groups -OCH3 is 2. The highest BCUT2D eigenvalue weighted by Gasteiger charge is 2.36. The maximum Gasteiger partial charge on any atom is 0.227 e. The van der Waals surface area contributed by atoms with Crippen molar-refractivity contribution in [1.29, 1.82) is 0 Å². The van der Waals surface area contributed by atoms with Crippen molar-refractivity contribution in [3.05, 3.63) is 54.1 Å². The number of hydrogen-bond donors (Lipinski definition) is 1. The van der Waals surface area contributed by atoms with E-state index in [9.17, 15) is 9.59 Å². The van der Waals surface area contributed by atoms with E-state index in [2.05, 4.69) is 5.32 Å². The van der Waals surface area contributed by atoms with Crippen molar-refractivity contribution in [2.24, 2.45) is 5.92 Å². The summed E-state index contributed by atoms with van der Waals surface area (Å²) in [6, 6.07) is 14.9. The minimum atomic E-state index is -0.393. The number of nitrogens with one attached hydrogen (secondary N) is 1. The smallest absolute Gasteiger partial charge is 0.227 e. The highest BCUT2D eigenvalue weighted by Crippen LogP contribution is 2.35. The Kier molecular flexibility index (Phi) is 5.64. The molecule has 3 rings (SSSR count). The third-order valence-corrected chi connectivity index (χ3v) is 4.83. The number of carbonyl (C=O) groups excluding carboxylic acids is 2. The number of benzene rings is 2. The molecule has 0 aromatic heterocycles. The molecule has 27 heavy (non-hydrogen) atoms. The van der Waals surface area contributed by atoms with Crippen LogP contribution in [0.2, 0.25) is 0 Å². The van der Waals surface area contributed by atoms with Gasteiger partial charge in [0, 0.05) is 19.0 Å². The molecule has 0 unspecified atom stereocenters. The van der Waals surface area contributed by atoms with Crippen LogP contribution in [0.3, 0.4) is 0 Å². The zero-order chi connectivity index (χ0) is 19.4. The standard InChI is InChI=1S/C21H24N2O4/c1-14(15-7-5-4-6-8-15)22-21(25)16-11-20(24)23(13-16)18-10-9-17(26-2)12-19(18)27-3/h4-10,12,14,16H,11,13H2,1-3H3,(H,22,25)/t14-,16-/m1/s1. The molecule has 0 spiro atoms. The van der Waals surface area contributed by atoms with Gasteiger partial charge < -0.3 is 19.7 Å². The third kappa shape index (κ3) is 4.05. The Labute approximate surface area is 159 Å². The Morgan fingerprint density at radius 1 is 1.15 bits per heavy atom. The normalized spacial score (nSPS) is 17.5. The van der Waals surface area contributed by atoms with Crippen LogP contribution in [-0.4, -0.2) is 32.6 Å². The van der Waals surface area contributed by atoms with E-state index in [0.29, 0.717) is 23.7 Å². The molecule has 142 valence electrons. The molecule has 0 radical (unpaired) electrons. The van der Waals surface area contributed by atoms with E-state index < -0.39 is 5.92 Å². The first kappa shape index (κ1) is 18.8. The van der Waals surface area contributed by atoms with Crippen LogP contribution in [0.1, 0.15) is 24.9 Å². The molecule has 1 saturated heterocycles. The van der Waals surface area contributed by atoms with Gasteiger partial charge in [0.15, 0.2) is 0 Å². The second-order valence-electron chi connectivity index (χ2n) is 6.58. The Morgan fingerprint density at radius 2 is 1.89 bits per heavy atom. The van der Waals surface area contributed by atoms with Crippen LogP contribution in [0.5, 0.6) is 11.5 Å². The molecule has 2 aromatic carbocycles. The first-order chi connectivity index (χ1) is 13.0. The Hall–Kier alpha value is -3.02. The largest absolute Gasteiger partial charge is 0.497 e. The molecule has 2 aromatic rings. The van der Waals surface area contributed by atoms with Crippen molar-refractivity contribution in [1.82, 2.24) is 5.32 Å². The van der Waals surface area contributed by atoms with Crippen LogP contribution in [0.15, 0.2) is 48.5 Å². The van der Waals surface area contributed by atoms with Crippen molar-refractivity contribution in [3.8, 4) is 11.5 Å². The van der Waals surface area contributed by atoms with Crippen molar-refractivity contribution in [2.75, 3.05) is 25.7 Å². The molecule has 2 amide bonds.